The molecule has 0 radical (unpaired) electrons. The summed E-state index contributed by atoms with van der Waals surface area (Å²) in [6.07, 6.45) is 6.27. The Morgan fingerprint density at radius 1 is 1.22 bits per heavy atom. The fraction of sp³-hybridized carbons (Fsp3) is 0.700. The van der Waals surface area contributed by atoms with Crippen LogP contribution in [0.1, 0.15) is 56.9 Å². The molecule has 1 unspecified atom stereocenters. The molecule has 3 heterocycles. The van der Waals surface area contributed by atoms with Gasteiger partial charge in [-0.15, -0.1) is 16.4 Å². The van der Waals surface area contributed by atoms with Gasteiger partial charge >= 0.3 is 0 Å². The maximum absolute atomic E-state index is 13.1. The summed E-state index contributed by atoms with van der Waals surface area (Å²) >= 11 is 1.61. The highest BCUT2D eigenvalue weighted by Gasteiger charge is 2.32. The van der Waals surface area contributed by atoms with E-state index in [1.54, 1.807) is 11.3 Å². The summed E-state index contributed by atoms with van der Waals surface area (Å²) in [4.78, 5) is 29.4. The molecule has 1 saturated heterocycles. The average molecular weight is 389 g/mol. The topological polar surface area (TPSA) is 68.1 Å². The molecule has 1 fully saturated rings. The molecule has 0 N–H and O–H groups in total. The predicted molar refractivity (Wildman–Crippen MR) is 107 cm³/mol. The van der Waals surface area contributed by atoms with Gasteiger partial charge in [0.15, 0.2) is 4.83 Å². The van der Waals surface area contributed by atoms with E-state index in [4.69, 9.17) is 0 Å². The SMILES string of the molecule is CC(C)(C)C1CCc2c(sc3nnn(CC(=O)N4CCCCC4)c(=O)c23)C1. The van der Waals surface area contributed by atoms with Crippen molar-refractivity contribution in [2.24, 2.45) is 11.3 Å². The second-order valence-electron chi connectivity index (χ2n) is 8.98. The Hall–Kier alpha value is -1.76. The average Bonchev–Trinajstić information content (AvgIpc) is 3.02. The zero-order valence-electron chi connectivity index (χ0n) is 16.5. The fourth-order valence-electron chi connectivity index (χ4n) is 4.34. The van der Waals surface area contributed by atoms with E-state index in [0.717, 1.165) is 55.6 Å². The van der Waals surface area contributed by atoms with Crippen LogP contribution in [-0.2, 0) is 24.2 Å². The Labute approximate surface area is 163 Å². The van der Waals surface area contributed by atoms with Gasteiger partial charge in [-0.1, -0.05) is 26.0 Å². The van der Waals surface area contributed by atoms with Gasteiger partial charge in [-0.25, -0.2) is 4.68 Å². The van der Waals surface area contributed by atoms with Gasteiger partial charge < -0.3 is 4.90 Å². The molecule has 4 rings (SSSR count). The number of carbonyl (C=O) groups excluding carboxylic acids is 1. The maximum atomic E-state index is 13.1. The number of likely N-dealkylation sites (tertiary alicyclic amines) is 1. The number of nitrogens with zero attached hydrogens (tertiary/aromatic N) is 4. The molecule has 1 aliphatic heterocycles. The molecule has 2 aromatic rings. The normalized spacial score (nSPS) is 20.7. The Bertz CT molecular complexity index is 918. The molecule has 0 aromatic carbocycles. The number of fused-ring (bicyclic) bond motifs is 3. The van der Waals surface area contributed by atoms with Crippen LogP contribution in [0.2, 0.25) is 0 Å². The van der Waals surface area contributed by atoms with Crippen LogP contribution in [0.4, 0.5) is 0 Å². The third-order valence-electron chi connectivity index (χ3n) is 6.16. The van der Waals surface area contributed by atoms with Crippen LogP contribution in [0.5, 0.6) is 0 Å². The third kappa shape index (κ3) is 3.53. The number of hydrogen-bond acceptors (Lipinski definition) is 5. The van der Waals surface area contributed by atoms with Gasteiger partial charge in [0.1, 0.15) is 6.54 Å². The van der Waals surface area contributed by atoms with Gasteiger partial charge in [-0.3, -0.25) is 9.59 Å². The second-order valence-corrected chi connectivity index (χ2v) is 10.1. The zero-order chi connectivity index (χ0) is 19.2. The Morgan fingerprint density at radius 2 is 1.96 bits per heavy atom. The van der Waals surface area contributed by atoms with Crippen molar-refractivity contribution in [2.45, 2.75) is 65.8 Å². The maximum Gasteiger partial charge on any atom is 0.279 e. The van der Waals surface area contributed by atoms with Gasteiger partial charge in [-0.2, -0.15) is 0 Å². The summed E-state index contributed by atoms with van der Waals surface area (Å²) in [6, 6.07) is 0. The summed E-state index contributed by atoms with van der Waals surface area (Å²) in [6.45, 7) is 8.42. The van der Waals surface area contributed by atoms with Gasteiger partial charge in [0.25, 0.3) is 5.56 Å². The first-order valence-electron chi connectivity index (χ1n) is 10.0. The lowest BCUT2D eigenvalue weighted by Crippen LogP contribution is -2.40. The number of carbonyl (C=O) groups is 1. The first kappa shape index (κ1) is 18.6. The van der Waals surface area contributed by atoms with Crippen molar-refractivity contribution in [3.63, 3.8) is 0 Å². The van der Waals surface area contributed by atoms with Crippen LogP contribution in [0.3, 0.4) is 0 Å². The first-order valence-corrected chi connectivity index (χ1v) is 10.8. The largest absolute Gasteiger partial charge is 0.341 e. The van der Waals surface area contributed by atoms with Gasteiger partial charge in [0.05, 0.1) is 5.39 Å². The van der Waals surface area contributed by atoms with Crippen molar-refractivity contribution in [3.05, 3.63) is 20.8 Å². The van der Waals surface area contributed by atoms with Gasteiger partial charge in [0, 0.05) is 18.0 Å². The third-order valence-corrected chi connectivity index (χ3v) is 7.30. The molecular weight excluding hydrogens is 360 g/mol. The smallest absolute Gasteiger partial charge is 0.279 e. The van der Waals surface area contributed by atoms with Crippen LogP contribution in [0.15, 0.2) is 4.79 Å². The highest BCUT2D eigenvalue weighted by atomic mass is 32.1. The van der Waals surface area contributed by atoms with Crippen LogP contribution < -0.4 is 5.56 Å². The molecule has 1 amide bonds. The Morgan fingerprint density at radius 3 is 2.67 bits per heavy atom. The predicted octanol–water partition coefficient (Wildman–Crippen LogP) is 3.02. The second kappa shape index (κ2) is 7.00. The lowest BCUT2D eigenvalue weighted by Gasteiger charge is -2.33. The van der Waals surface area contributed by atoms with E-state index in [1.807, 2.05) is 4.90 Å². The molecule has 1 atom stereocenters. The molecule has 0 bridgehead atoms. The number of aromatic nitrogens is 3. The summed E-state index contributed by atoms with van der Waals surface area (Å²) in [5, 5.41) is 9.06. The minimum Gasteiger partial charge on any atom is -0.341 e. The van der Waals surface area contributed by atoms with Crippen LogP contribution >= 0.6 is 11.3 Å². The molecule has 6 nitrogen and oxygen atoms in total. The van der Waals surface area contributed by atoms with E-state index in [1.165, 1.54) is 16.0 Å². The number of aryl methyl sites for hydroxylation is 1. The monoisotopic (exact) mass is 388 g/mol. The van der Waals surface area contributed by atoms with Crippen molar-refractivity contribution in [2.75, 3.05) is 13.1 Å². The molecule has 0 spiro atoms. The summed E-state index contributed by atoms with van der Waals surface area (Å²) in [5.41, 5.74) is 1.26. The molecule has 0 saturated carbocycles. The minimum absolute atomic E-state index is 0.00297. The van der Waals surface area contributed by atoms with Crippen molar-refractivity contribution < 1.29 is 4.79 Å². The van der Waals surface area contributed by atoms with Gasteiger partial charge in [-0.05, 0) is 55.4 Å². The molecule has 2 aromatic heterocycles. The molecule has 1 aliphatic carbocycles. The molecule has 146 valence electrons. The van der Waals surface area contributed by atoms with E-state index < -0.39 is 0 Å². The van der Waals surface area contributed by atoms with Crippen LogP contribution in [0.25, 0.3) is 10.2 Å². The number of rotatable bonds is 2. The summed E-state index contributed by atoms with van der Waals surface area (Å²) < 4.78 is 1.27. The quantitative estimate of drug-likeness (QED) is 0.793. The molecule has 27 heavy (non-hydrogen) atoms. The number of piperidine rings is 1. The van der Waals surface area contributed by atoms with Crippen molar-refractivity contribution in [3.8, 4) is 0 Å². The summed E-state index contributed by atoms with van der Waals surface area (Å²) in [5.74, 6) is 0.594. The number of thiophene rings is 1. The first-order chi connectivity index (χ1) is 12.8. The highest BCUT2D eigenvalue weighted by molar-refractivity contribution is 7.18. The molecular formula is C20H28N4O2S. The van der Waals surface area contributed by atoms with Crippen LogP contribution in [0, 0.1) is 11.3 Å². The highest BCUT2D eigenvalue weighted by Crippen LogP contribution is 2.41. The lowest BCUT2D eigenvalue weighted by atomic mass is 9.72. The van der Waals surface area contributed by atoms with E-state index >= 15 is 0 Å². The van der Waals surface area contributed by atoms with Crippen molar-refractivity contribution in [1.82, 2.24) is 19.9 Å². The molecule has 7 heteroatoms. The number of amides is 1. The minimum atomic E-state index is -0.155. The molecule has 2 aliphatic rings. The van der Waals surface area contributed by atoms with Gasteiger partial charge in [0.2, 0.25) is 5.91 Å². The zero-order valence-corrected chi connectivity index (χ0v) is 17.3. The fourth-order valence-corrected chi connectivity index (χ4v) is 5.58. The Kier molecular flexibility index (Phi) is 4.82. The lowest BCUT2D eigenvalue weighted by molar-refractivity contribution is -0.133. The number of hydrogen-bond donors (Lipinski definition) is 0. The Balaban J connectivity index is 1.63. The van der Waals surface area contributed by atoms with Crippen molar-refractivity contribution >= 4 is 27.5 Å². The van der Waals surface area contributed by atoms with Crippen LogP contribution in [-0.4, -0.2) is 38.9 Å². The van der Waals surface area contributed by atoms with Crippen molar-refractivity contribution in [1.29, 1.82) is 0 Å². The van der Waals surface area contributed by atoms with E-state index in [0.29, 0.717) is 11.3 Å². The van der Waals surface area contributed by atoms with E-state index in [2.05, 4.69) is 31.1 Å². The standard InChI is InChI=1S/C20H28N4O2S/c1-20(2,3)13-7-8-14-15(11-13)27-18-17(14)19(26)24(22-21-18)12-16(25)23-9-5-4-6-10-23/h13H,4-12H2,1-3H3. The van der Waals surface area contributed by atoms with E-state index in [-0.39, 0.29) is 23.4 Å². The van der Waals surface area contributed by atoms with E-state index in [9.17, 15) is 9.59 Å². The summed E-state index contributed by atoms with van der Waals surface area (Å²) in [7, 11) is 0.